The Morgan fingerprint density at radius 3 is 2.28 bits per heavy atom. The van der Waals surface area contributed by atoms with Crippen LogP contribution >= 0.6 is 0 Å². The molecular weight excluding hydrogens is 324 g/mol. The first-order valence-electron chi connectivity index (χ1n) is 9.25. The van der Waals surface area contributed by atoms with Crippen molar-refractivity contribution in [3.63, 3.8) is 0 Å². The van der Waals surface area contributed by atoms with Crippen molar-refractivity contribution < 1.29 is 28.6 Å². The van der Waals surface area contributed by atoms with Crippen LogP contribution in [0.3, 0.4) is 0 Å². The van der Waals surface area contributed by atoms with Crippen molar-refractivity contribution in [1.82, 2.24) is 0 Å². The molecule has 0 saturated heterocycles. The van der Waals surface area contributed by atoms with Crippen molar-refractivity contribution >= 4 is 17.7 Å². The first kappa shape index (κ1) is 21.6. The number of esters is 2. The van der Waals surface area contributed by atoms with Crippen molar-refractivity contribution in [2.45, 2.75) is 84.3 Å². The van der Waals surface area contributed by atoms with Gasteiger partial charge in [0, 0.05) is 6.42 Å². The zero-order valence-corrected chi connectivity index (χ0v) is 16.0. The van der Waals surface area contributed by atoms with Crippen LogP contribution in [0.15, 0.2) is 0 Å². The van der Waals surface area contributed by atoms with Gasteiger partial charge in [-0.15, -0.1) is 0 Å². The number of Topliss-reactive ketones (excluding diaryl/α,β-unsaturated/α-hetero) is 1. The van der Waals surface area contributed by atoms with E-state index in [9.17, 15) is 14.4 Å². The maximum absolute atomic E-state index is 12.5. The van der Waals surface area contributed by atoms with Gasteiger partial charge in [0.25, 0.3) is 0 Å². The molecule has 1 aliphatic carbocycles. The maximum Gasteiger partial charge on any atom is 0.317 e. The summed E-state index contributed by atoms with van der Waals surface area (Å²) in [5.74, 6) is -2.34. The summed E-state index contributed by atoms with van der Waals surface area (Å²) in [6.45, 7) is 7.11. The third-order valence-corrected chi connectivity index (χ3v) is 4.04. The second-order valence-electron chi connectivity index (χ2n) is 7.47. The van der Waals surface area contributed by atoms with Gasteiger partial charge < -0.3 is 14.2 Å². The van der Waals surface area contributed by atoms with Gasteiger partial charge in [0.05, 0.1) is 12.7 Å². The smallest absolute Gasteiger partial charge is 0.317 e. The van der Waals surface area contributed by atoms with Crippen LogP contribution in [0.5, 0.6) is 0 Å². The third kappa shape index (κ3) is 9.00. The molecule has 0 spiro atoms. The van der Waals surface area contributed by atoms with Gasteiger partial charge in [-0.05, 0) is 47.0 Å². The highest BCUT2D eigenvalue weighted by Gasteiger charge is 2.32. The first-order valence-corrected chi connectivity index (χ1v) is 9.25. The van der Waals surface area contributed by atoms with Crippen LogP contribution in [-0.2, 0) is 28.6 Å². The Hall–Kier alpha value is -1.43. The molecule has 25 heavy (non-hydrogen) atoms. The summed E-state index contributed by atoms with van der Waals surface area (Å²) in [5.41, 5.74) is -0.691. The molecule has 0 aromatic carbocycles. The van der Waals surface area contributed by atoms with Crippen molar-refractivity contribution in [2.24, 2.45) is 5.92 Å². The van der Waals surface area contributed by atoms with Crippen LogP contribution in [0.25, 0.3) is 0 Å². The monoisotopic (exact) mass is 356 g/mol. The van der Waals surface area contributed by atoms with Crippen molar-refractivity contribution in [1.29, 1.82) is 0 Å². The Morgan fingerprint density at radius 1 is 1.08 bits per heavy atom. The van der Waals surface area contributed by atoms with Crippen LogP contribution in [0.4, 0.5) is 0 Å². The van der Waals surface area contributed by atoms with E-state index in [1.54, 1.807) is 27.7 Å². The topological polar surface area (TPSA) is 78.9 Å². The summed E-state index contributed by atoms with van der Waals surface area (Å²) >= 11 is 0. The summed E-state index contributed by atoms with van der Waals surface area (Å²) in [5, 5.41) is 0. The quantitative estimate of drug-likeness (QED) is 0.466. The molecule has 0 radical (unpaired) electrons. The van der Waals surface area contributed by atoms with Crippen LogP contribution in [0, 0.1) is 5.92 Å². The van der Waals surface area contributed by atoms with Gasteiger partial charge in [0.2, 0.25) is 0 Å². The Bertz CT molecular complexity index is 445. The molecule has 1 fully saturated rings. The van der Waals surface area contributed by atoms with Crippen LogP contribution in [-0.4, -0.2) is 42.6 Å². The van der Waals surface area contributed by atoms with E-state index >= 15 is 0 Å². The molecule has 0 N–H and O–H groups in total. The number of hydrogen-bond donors (Lipinski definition) is 0. The molecule has 0 aliphatic heterocycles. The molecule has 1 saturated carbocycles. The fraction of sp³-hybridized carbons (Fsp3) is 0.842. The molecule has 1 atom stereocenters. The molecule has 0 amide bonds. The first-order chi connectivity index (χ1) is 11.7. The highest BCUT2D eigenvalue weighted by molar-refractivity contribution is 6.00. The standard InChI is InChI=1S/C19H32O6/c1-5-23-17(21)12-11-15(18(22)25-19(2,3)4)16(20)13-24-14-9-7-6-8-10-14/h14-15H,5-13H2,1-4H3. The summed E-state index contributed by atoms with van der Waals surface area (Å²) < 4.78 is 15.9. The SMILES string of the molecule is CCOC(=O)CCC(C(=O)COC1CCCCC1)C(=O)OC(C)(C)C. The van der Waals surface area contributed by atoms with Gasteiger partial charge in [0.1, 0.15) is 18.1 Å². The van der Waals surface area contributed by atoms with E-state index < -0.39 is 23.5 Å². The Balaban J connectivity index is 2.61. The van der Waals surface area contributed by atoms with Crippen LogP contribution in [0.2, 0.25) is 0 Å². The van der Waals surface area contributed by atoms with Gasteiger partial charge in [-0.2, -0.15) is 0 Å². The van der Waals surface area contributed by atoms with E-state index in [1.165, 1.54) is 6.42 Å². The number of hydrogen-bond acceptors (Lipinski definition) is 6. The molecule has 0 heterocycles. The van der Waals surface area contributed by atoms with E-state index in [0.717, 1.165) is 25.7 Å². The van der Waals surface area contributed by atoms with E-state index in [4.69, 9.17) is 14.2 Å². The van der Waals surface area contributed by atoms with Gasteiger partial charge in [-0.1, -0.05) is 19.3 Å². The molecule has 0 aromatic rings. The minimum absolute atomic E-state index is 0.00686. The molecule has 1 aliphatic rings. The highest BCUT2D eigenvalue weighted by atomic mass is 16.6. The van der Waals surface area contributed by atoms with Crippen molar-refractivity contribution in [2.75, 3.05) is 13.2 Å². The van der Waals surface area contributed by atoms with Gasteiger partial charge in [0.15, 0.2) is 5.78 Å². The van der Waals surface area contributed by atoms with E-state index in [-0.39, 0.29) is 37.9 Å². The third-order valence-electron chi connectivity index (χ3n) is 4.04. The normalized spacial score (nSPS) is 17.0. The second kappa shape index (κ2) is 10.5. The minimum Gasteiger partial charge on any atom is -0.466 e. The number of rotatable bonds is 9. The molecule has 6 nitrogen and oxygen atoms in total. The fourth-order valence-corrected chi connectivity index (χ4v) is 2.81. The summed E-state index contributed by atoms with van der Waals surface area (Å²) in [7, 11) is 0. The number of ketones is 1. The Labute approximate surface area is 150 Å². The van der Waals surface area contributed by atoms with Crippen molar-refractivity contribution in [3.05, 3.63) is 0 Å². The number of ether oxygens (including phenoxy) is 3. The number of carbonyl (C=O) groups is 3. The van der Waals surface area contributed by atoms with Crippen molar-refractivity contribution in [3.8, 4) is 0 Å². The molecule has 0 bridgehead atoms. The molecule has 1 unspecified atom stereocenters. The zero-order valence-electron chi connectivity index (χ0n) is 16.0. The molecule has 1 rings (SSSR count). The Kier molecular flexibility index (Phi) is 9.11. The zero-order chi connectivity index (χ0) is 18.9. The predicted octanol–water partition coefficient (Wildman–Crippen LogP) is 3.21. The van der Waals surface area contributed by atoms with E-state index in [2.05, 4.69) is 0 Å². The van der Waals surface area contributed by atoms with Gasteiger partial charge in [-0.25, -0.2) is 0 Å². The Morgan fingerprint density at radius 2 is 1.72 bits per heavy atom. The number of carbonyl (C=O) groups excluding carboxylic acids is 3. The molecule has 144 valence electrons. The second-order valence-corrected chi connectivity index (χ2v) is 7.47. The average Bonchev–Trinajstić information content (AvgIpc) is 2.52. The lowest BCUT2D eigenvalue weighted by atomic mass is 9.96. The van der Waals surface area contributed by atoms with Crippen LogP contribution < -0.4 is 0 Å². The molecule has 0 aromatic heterocycles. The largest absolute Gasteiger partial charge is 0.466 e. The lowest BCUT2D eigenvalue weighted by Crippen LogP contribution is -2.35. The lowest BCUT2D eigenvalue weighted by Gasteiger charge is -2.25. The van der Waals surface area contributed by atoms with E-state index in [1.807, 2.05) is 0 Å². The van der Waals surface area contributed by atoms with Gasteiger partial charge >= 0.3 is 11.9 Å². The summed E-state index contributed by atoms with van der Waals surface area (Å²) in [4.78, 5) is 36.4. The maximum atomic E-state index is 12.5. The fourth-order valence-electron chi connectivity index (χ4n) is 2.81. The van der Waals surface area contributed by atoms with Gasteiger partial charge in [-0.3, -0.25) is 14.4 Å². The summed E-state index contributed by atoms with van der Waals surface area (Å²) in [6.07, 6.45) is 5.50. The average molecular weight is 356 g/mol. The lowest BCUT2D eigenvalue weighted by molar-refractivity contribution is -0.163. The minimum atomic E-state index is -0.993. The predicted molar refractivity (Wildman–Crippen MR) is 93.0 cm³/mol. The molecule has 6 heteroatoms. The van der Waals surface area contributed by atoms with Crippen LogP contribution in [0.1, 0.15) is 72.6 Å². The molecular formula is C19H32O6. The highest BCUT2D eigenvalue weighted by Crippen LogP contribution is 2.22. The summed E-state index contributed by atoms with van der Waals surface area (Å²) in [6, 6.07) is 0. The van der Waals surface area contributed by atoms with E-state index in [0.29, 0.717) is 0 Å².